The second-order valence-corrected chi connectivity index (χ2v) is 10.8. The highest BCUT2D eigenvalue weighted by molar-refractivity contribution is 7.91. The van der Waals surface area contributed by atoms with Gasteiger partial charge in [0.15, 0.2) is 0 Å². The number of benzene rings is 4. The number of anilines is 2. The maximum Gasteiger partial charge on any atom is 0.336 e. The second-order valence-electron chi connectivity index (χ2n) is 8.89. The van der Waals surface area contributed by atoms with Gasteiger partial charge in [-0.3, -0.25) is 9.59 Å². The molecule has 4 aromatic rings. The highest BCUT2D eigenvalue weighted by Gasteiger charge is 2.26. The molecule has 0 saturated heterocycles. The third kappa shape index (κ3) is 6.63. The summed E-state index contributed by atoms with van der Waals surface area (Å²) in [5.41, 5.74) is -1.12. The number of amides is 2. The summed E-state index contributed by atoms with van der Waals surface area (Å²) in [6.45, 7) is 0. The molecular weight excluding hydrogens is 580 g/mol. The van der Waals surface area contributed by atoms with Gasteiger partial charge < -0.3 is 30.3 Å². The molecule has 4 rings (SSSR count). The van der Waals surface area contributed by atoms with E-state index in [0.29, 0.717) is 22.9 Å². The number of methoxy groups -OCH3 is 2. The van der Waals surface area contributed by atoms with Crippen molar-refractivity contribution in [3.63, 3.8) is 0 Å². The van der Waals surface area contributed by atoms with E-state index in [9.17, 15) is 37.8 Å². The minimum Gasteiger partial charge on any atom is -0.497 e. The SMILES string of the molecule is COc1ccc(NC(=O)c2ccc(S(=O)(=O)c3ccc(C(=O)Nc4ccc(OC)cc4)c(C(=O)O)c3)cc2C(=O)O)cc1. The van der Waals surface area contributed by atoms with Crippen LogP contribution in [0.2, 0.25) is 0 Å². The van der Waals surface area contributed by atoms with Gasteiger partial charge in [-0.25, -0.2) is 18.0 Å². The largest absolute Gasteiger partial charge is 0.497 e. The smallest absolute Gasteiger partial charge is 0.336 e. The fourth-order valence-corrected chi connectivity index (χ4v) is 5.33. The Hall–Kier alpha value is -5.69. The van der Waals surface area contributed by atoms with Gasteiger partial charge in [0, 0.05) is 11.4 Å². The predicted molar refractivity (Wildman–Crippen MR) is 154 cm³/mol. The number of sulfone groups is 1. The van der Waals surface area contributed by atoms with Crippen LogP contribution >= 0.6 is 0 Å². The molecule has 0 aliphatic heterocycles. The molecule has 4 aromatic carbocycles. The Balaban J connectivity index is 1.64. The summed E-state index contributed by atoms with van der Waals surface area (Å²) in [6, 6.07) is 18.3. The van der Waals surface area contributed by atoms with Crippen molar-refractivity contribution in [1.29, 1.82) is 0 Å². The second kappa shape index (κ2) is 12.4. The van der Waals surface area contributed by atoms with Crippen molar-refractivity contribution in [3.8, 4) is 11.5 Å². The van der Waals surface area contributed by atoms with E-state index in [-0.39, 0.29) is 11.1 Å². The summed E-state index contributed by atoms with van der Waals surface area (Å²) in [5.74, 6) is -3.65. The van der Waals surface area contributed by atoms with Gasteiger partial charge >= 0.3 is 11.9 Å². The van der Waals surface area contributed by atoms with Crippen molar-refractivity contribution in [2.75, 3.05) is 24.9 Å². The average Bonchev–Trinajstić information content (AvgIpc) is 3.01. The third-order valence-corrected chi connectivity index (χ3v) is 8.00. The van der Waals surface area contributed by atoms with Gasteiger partial charge in [0.05, 0.1) is 46.3 Å². The molecule has 0 atom stereocenters. The Morgan fingerprint density at radius 1 is 0.558 bits per heavy atom. The first-order valence-electron chi connectivity index (χ1n) is 12.3. The molecule has 0 aromatic heterocycles. The van der Waals surface area contributed by atoms with E-state index in [1.807, 2.05) is 0 Å². The van der Waals surface area contributed by atoms with Crippen LogP contribution in [0, 0.1) is 0 Å². The van der Waals surface area contributed by atoms with E-state index < -0.39 is 54.5 Å². The zero-order chi connectivity index (χ0) is 31.3. The first kappa shape index (κ1) is 30.3. The van der Waals surface area contributed by atoms with E-state index in [4.69, 9.17) is 9.47 Å². The van der Waals surface area contributed by atoms with Crippen LogP contribution in [0.3, 0.4) is 0 Å². The molecule has 43 heavy (non-hydrogen) atoms. The lowest BCUT2D eigenvalue weighted by Gasteiger charge is -2.13. The Morgan fingerprint density at radius 3 is 1.21 bits per heavy atom. The lowest BCUT2D eigenvalue weighted by atomic mass is 10.1. The number of ether oxygens (including phenoxy) is 2. The molecule has 0 unspecified atom stereocenters. The molecule has 13 heteroatoms. The molecule has 0 heterocycles. The molecule has 2 amide bonds. The highest BCUT2D eigenvalue weighted by Crippen LogP contribution is 2.27. The predicted octanol–water partition coefficient (Wildman–Crippen LogP) is 4.44. The summed E-state index contributed by atoms with van der Waals surface area (Å²) in [7, 11) is -1.54. The van der Waals surface area contributed by atoms with E-state index in [0.717, 1.165) is 36.4 Å². The molecule has 0 spiro atoms. The number of hydrogen-bond donors (Lipinski definition) is 4. The molecule has 220 valence electrons. The summed E-state index contributed by atoms with van der Waals surface area (Å²) >= 11 is 0. The van der Waals surface area contributed by atoms with E-state index in [1.54, 1.807) is 24.3 Å². The molecule has 4 N–H and O–H groups in total. The lowest BCUT2D eigenvalue weighted by Crippen LogP contribution is -2.18. The van der Waals surface area contributed by atoms with Gasteiger partial charge in [-0.05, 0) is 84.9 Å². The third-order valence-electron chi connectivity index (χ3n) is 6.25. The minimum absolute atomic E-state index is 0.306. The standard InChI is InChI=1S/C30H24N2O10S/c1-41-19-7-3-17(4-8-19)31-27(33)23-13-11-21(15-25(23)29(35)36)43(39,40)22-12-14-24(26(16-22)30(37)38)28(34)32-18-5-9-20(42-2)10-6-18/h3-16H,1-2H3,(H,31,33)(H,32,34)(H,35,36)(H,37,38). The Kier molecular flexibility index (Phi) is 8.76. The van der Waals surface area contributed by atoms with Crippen LogP contribution in [0.4, 0.5) is 11.4 Å². The minimum atomic E-state index is -4.49. The van der Waals surface area contributed by atoms with E-state index in [1.165, 1.54) is 38.5 Å². The molecule has 0 radical (unpaired) electrons. The topological polar surface area (TPSA) is 185 Å². The van der Waals surface area contributed by atoms with Crippen molar-refractivity contribution in [3.05, 3.63) is 107 Å². The van der Waals surface area contributed by atoms with Gasteiger partial charge in [-0.1, -0.05) is 0 Å². The number of carboxylic acids is 2. The van der Waals surface area contributed by atoms with Gasteiger partial charge in [-0.15, -0.1) is 0 Å². The van der Waals surface area contributed by atoms with Crippen molar-refractivity contribution in [2.24, 2.45) is 0 Å². The number of aromatic carboxylic acids is 2. The van der Waals surface area contributed by atoms with Crippen molar-refractivity contribution < 1.29 is 47.3 Å². The number of carbonyl (C=O) groups excluding carboxylic acids is 2. The summed E-state index contributed by atoms with van der Waals surface area (Å²) in [6.07, 6.45) is 0. The monoisotopic (exact) mass is 604 g/mol. The maximum absolute atomic E-state index is 13.4. The molecule has 0 bridgehead atoms. The van der Waals surface area contributed by atoms with Gasteiger partial charge in [0.25, 0.3) is 11.8 Å². The zero-order valence-electron chi connectivity index (χ0n) is 22.7. The number of rotatable bonds is 10. The average molecular weight is 605 g/mol. The number of nitrogens with one attached hydrogen (secondary N) is 2. The normalized spacial score (nSPS) is 10.8. The molecule has 0 aliphatic carbocycles. The van der Waals surface area contributed by atoms with Crippen molar-refractivity contribution in [2.45, 2.75) is 9.79 Å². The number of hydrogen-bond acceptors (Lipinski definition) is 8. The Labute approximate surface area is 245 Å². The highest BCUT2D eigenvalue weighted by atomic mass is 32.2. The quantitative estimate of drug-likeness (QED) is 0.202. The summed E-state index contributed by atoms with van der Waals surface area (Å²) in [5, 5.41) is 24.6. The molecule has 0 aliphatic rings. The number of carboxylic acid groups (broad SMARTS) is 2. The summed E-state index contributed by atoms with van der Waals surface area (Å²) < 4.78 is 37.0. The van der Waals surface area contributed by atoms with Crippen LogP contribution in [0.1, 0.15) is 41.4 Å². The lowest BCUT2D eigenvalue weighted by molar-refractivity contribution is 0.0683. The first-order chi connectivity index (χ1) is 20.4. The number of carbonyl (C=O) groups is 4. The fraction of sp³-hybridized carbons (Fsp3) is 0.0667. The van der Waals surface area contributed by atoms with Crippen LogP contribution in [0.15, 0.2) is 94.7 Å². The first-order valence-corrected chi connectivity index (χ1v) is 13.8. The van der Waals surface area contributed by atoms with Crippen LogP contribution in [-0.4, -0.2) is 56.6 Å². The Bertz CT molecular complexity index is 1710. The molecule has 0 saturated carbocycles. The van der Waals surface area contributed by atoms with Crippen LogP contribution in [0.25, 0.3) is 0 Å². The molecular formula is C30H24N2O10S. The van der Waals surface area contributed by atoms with Crippen LogP contribution in [-0.2, 0) is 9.84 Å². The molecule has 0 fully saturated rings. The van der Waals surface area contributed by atoms with Crippen LogP contribution in [0.5, 0.6) is 11.5 Å². The van der Waals surface area contributed by atoms with Gasteiger partial charge in [0.1, 0.15) is 11.5 Å². The van der Waals surface area contributed by atoms with E-state index in [2.05, 4.69) is 10.6 Å². The fourth-order valence-electron chi connectivity index (χ4n) is 4.01. The summed E-state index contributed by atoms with van der Waals surface area (Å²) in [4.78, 5) is 48.7. The van der Waals surface area contributed by atoms with Gasteiger partial charge in [-0.2, -0.15) is 0 Å². The van der Waals surface area contributed by atoms with Gasteiger partial charge in [0.2, 0.25) is 9.84 Å². The van der Waals surface area contributed by atoms with E-state index >= 15 is 0 Å². The van der Waals surface area contributed by atoms with Crippen molar-refractivity contribution in [1.82, 2.24) is 0 Å². The van der Waals surface area contributed by atoms with Crippen LogP contribution < -0.4 is 20.1 Å². The molecule has 12 nitrogen and oxygen atoms in total. The maximum atomic E-state index is 13.4. The Morgan fingerprint density at radius 2 is 0.907 bits per heavy atom. The van der Waals surface area contributed by atoms with Crippen molar-refractivity contribution >= 4 is 45.0 Å². The zero-order valence-corrected chi connectivity index (χ0v) is 23.5.